The number of nitrogens with zero attached hydrogens (tertiary/aromatic N) is 3. The summed E-state index contributed by atoms with van der Waals surface area (Å²) in [5, 5.41) is 6.10. The van der Waals surface area contributed by atoms with Crippen LogP contribution in [0.5, 0.6) is 0 Å². The maximum absolute atomic E-state index is 4.15. The lowest BCUT2D eigenvalue weighted by Crippen LogP contribution is -2.51. The number of hydrogen-bond donors (Lipinski definition) is 1. The molecule has 2 heterocycles. The largest absolute Gasteiger partial charge is 0.366 e. The second kappa shape index (κ2) is 6.57. The molecule has 1 saturated heterocycles. The van der Waals surface area contributed by atoms with Gasteiger partial charge < -0.3 is 10.2 Å². The molecule has 0 aliphatic carbocycles. The van der Waals surface area contributed by atoms with Crippen LogP contribution in [0.3, 0.4) is 0 Å². The lowest BCUT2D eigenvalue weighted by molar-refractivity contribution is 0.467. The first-order valence-electron chi connectivity index (χ1n) is 8.62. The summed E-state index contributed by atoms with van der Waals surface area (Å²) in [4.78, 5) is 10.9. The Morgan fingerprint density at radius 2 is 2.00 bits per heavy atom. The van der Waals surface area contributed by atoms with Crippen molar-refractivity contribution in [1.29, 1.82) is 0 Å². The van der Waals surface area contributed by atoms with Gasteiger partial charge in [-0.25, -0.2) is 9.97 Å². The van der Waals surface area contributed by atoms with Crippen molar-refractivity contribution < 1.29 is 0 Å². The second-order valence-corrected chi connectivity index (χ2v) is 6.30. The predicted octanol–water partition coefficient (Wildman–Crippen LogP) is 3.49. The molecule has 0 bridgehead atoms. The number of benzene rings is 2. The van der Waals surface area contributed by atoms with Gasteiger partial charge in [-0.3, -0.25) is 0 Å². The van der Waals surface area contributed by atoms with Gasteiger partial charge in [0.25, 0.3) is 0 Å². The first kappa shape index (κ1) is 15.1. The smallest absolute Gasteiger partial charge is 0.115 e. The van der Waals surface area contributed by atoms with Crippen LogP contribution in [0.25, 0.3) is 21.9 Å². The lowest BCUT2D eigenvalue weighted by atomic mass is 10.00. The van der Waals surface area contributed by atoms with Crippen molar-refractivity contribution in [2.75, 3.05) is 24.5 Å². The van der Waals surface area contributed by atoms with Crippen molar-refractivity contribution in [2.45, 2.75) is 19.4 Å². The Bertz CT molecular complexity index is 831. The van der Waals surface area contributed by atoms with Gasteiger partial charge in [0, 0.05) is 54.7 Å². The number of fused-ring (bicyclic) bond motifs is 1. The SMILES string of the molecule is CCC1CNCCN1c1cccc2ccc(-c3cncnc3)cc12. The van der Waals surface area contributed by atoms with Crippen molar-refractivity contribution in [3.8, 4) is 11.1 Å². The van der Waals surface area contributed by atoms with Gasteiger partial charge in [0.1, 0.15) is 6.33 Å². The Hall–Kier alpha value is -2.46. The van der Waals surface area contributed by atoms with E-state index < -0.39 is 0 Å². The van der Waals surface area contributed by atoms with Gasteiger partial charge in [-0.2, -0.15) is 0 Å². The van der Waals surface area contributed by atoms with Gasteiger partial charge in [0.15, 0.2) is 0 Å². The zero-order chi connectivity index (χ0) is 16.4. The minimum absolute atomic E-state index is 0.549. The summed E-state index contributed by atoms with van der Waals surface area (Å²) in [7, 11) is 0. The fraction of sp³-hybridized carbons (Fsp3) is 0.300. The van der Waals surface area contributed by atoms with E-state index in [1.54, 1.807) is 6.33 Å². The first-order chi connectivity index (χ1) is 11.9. The third-order valence-corrected chi connectivity index (χ3v) is 4.88. The van der Waals surface area contributed by atoms with Gasteiger partial charge in [-0.05, 0) is 29.5 Å². The molecule has 4 rings (SSSR count). The third-order valence-electron chi connectivity index (χ3n) is 4.88. The van der Waals surface area contributed by atoms with Gasteiger partial charge in [-0.1, -0.05) is 31.2 Å². The van der Waals surface area contributed by atoms with Crippen LogP contribution in [0.1, 0.15) is 13.3 Å². The van der Waals surface area contributed by atoms with Crippen molar-refractivity contribution >= 4 is 16.5 Å². The minimum atomic E-state index is 0.549. The highest BCUT2D eigenvalue weighted by molar-refractivity contribution is 5.97. The summed E-state index contributed by atoms with van der Waals surface area (Å²) < 4.78 is 0. The summed E-state index contributed by atoms with van der Waals surface area (Å²) >= 11 is 0. The van der Waals surface area contributed by atoms with E-state index in [4.69, 9.17) is 0 Å². The molecule has 4 nitrogen and oxygen atoms in total. The summed E-state index contributed by atoms with van der Waals surface area (Å²) in [6.45, 7) is 5.41. The van der Waals surface area contributed by atoms with Crippen LogP contribution in [0.4, 0.5) is 5.69 Å². The molecule has 0 saturated carbocycles. The number of aromatic nitrogens is 2. The second-order valence-electron chi connectivity index (χ2n) is 6.30. The highest BCUT2D eigenvalue weighted by Crippen LogP contribution is 2.32. The predicted molar refractivity (Wildman–Crippen MR) is 99.3 cm³/mol. The Kier molecular flexibility index (Phi) is 4.13. The summed E-state index contributed by atoms with van der Waals surface area (Å²) in [5.74, 6) is 0. The van der Waals surface area contributed by atoms with E-state index in [1.807, 2.05) is 12.4 Å². The Morgan fingerprint density at radius 3 is 2.83 bits per heavy atom. The molecular formula is C20H22N4. The van der Waals surface area contributed by atoms with Gasteiger partial charge in [-0.15, -0.1) is 0 Å². The van der Waals surface area contributed by atoms with Crippen molar-refractivity contribution in [2.24, 2.45) is 0 Å². The number of piperazine rings is 1. The molecule has 1 fully saturated rings. The molecule has 4 heteroatoms. The monoisotopic (exact) mass is 318 g/mol. The Morgan fingerprint density at radius 1 is 1.12 bits per heavy atom. The molecular weight excluding hydrogens is 296 g/mol. The normalized spacial score (nSPS) is 18.0. The van der Waals surface area contributed by atoms with E-state index in [0.717, 1.165) is 31.6 Å². The Labute approximate surface area is 142 Å². The van der Waals surface area contributed by atoms with E-state index in [0.29, 0.717) is 6.04 Å². The van der Waals surface area contributed by atoms with Crippen molar-refractivity contribution in [3.05, 3.63) is 55.1 Å². The molecule has 122 valence electrons. The molecule has 1 N–H and O–H groups in total. The van der Waals surface area contributed by atoms with Crippen LogP contribution in [0, 0.1) is 0 Å². The van der Waals surface area contributed by atoms with Crippen LogP contribution >= 0.6 is 0 Å². The average Bonchev–Trinajstić information content (AvgIpc) is 2.68. The molecule has 2 aromatic carbocycles. The van der Waals surface area contributed by atoms with Crippen molar-refractivity contribution in [1.82, 2.24) is 15.3 Å². The highest BCUT2D eigenvalue weighted by Gasteiger charge is 2.22. The molecule has 1 atom stereocenters. The highest BCUT2D eigenvalue weighted by atomic mass is 15.2. The van der Waals surface area contributed by atoms with E-state index in [1.165, 1.54) is 22.0 Å². The first-order valence-corrected chi connectivity index (χ1v) is 8.62. The number of hydrogen-bond acceptors (Lipinski definition) is 4. The third kappa shape index (κ3) is 2.74. The standard InChI is InChI=1S/C20H22N4/c1-2-18-13-21-8-9-24(18)20-5-3-4-15-6-7-16(10-19(15)20)17-11-22-14-23-12-17/h3-7,10-12,14,18,21H,2,8-9,13H2,1H3. The van der Waals surface area contributed by atoms with E-state index in [2.05, 4.69) is 63.5 Å². The average molecular weight is 318 g/mol. The van der Waals surface area contributed by atoms with Gasteiger partial charge in [0.2, 0.25) is 0 Å². The van der Waals surface area contributed by atoms with Crippen LogP contribution in [-0.2, 0) is 0 Å². The summed E-state index contributed by atoms with van der Waals surface area (Å²) in [6.07, 6.45) is 6.46. The summed E-state index contributed by atoms with van der Waals surface area (Å²) in [5.41, 5.74) is 3.56. The summed E-state index contributed by atoms with van der Waals surface area (Å²) in [6, 6.07) is 13.8. The van der Waals surface area contributed by atoms with Crippen LogP contribution in [0.2, 0.25) is 0 Å². The number of anilines is 1. The quantitative estimate of drug-likeness (QED) is 0.802. The molecule has 1 unspecified atom stereocenters. The Balaban J connectivity index is 1.83. The van der Waals surface area contributed by atoms with E-state index in [9.17, 15) is 0 Å². The molecule has 0 radical (unpaired) electrons. The van der Waals surface area contributed by atoms with E-state index >= 15 is 0 Å². The van der Waals surface area contributed by atoms with Crippen LogP contribution in [-0.4, -0.2) is 35.6 Å². The molecule has 0 spiro atoms. The fourth-order valence-corrected chi connectivity index (χ4v) is 3.58. The topological polar surface area (TPSA) is 41.0 Å². The van der Waals surface area contributed by atoms with Gasteiger partial charge in [0.05, 0.1) is 0 Å². The number of rotatable bonds is 3. The molecule has 3 aromatic rings. The van der Waals surface area contributed by atoms with Crippen molar-refractivity contribution in [3.63, 3.8) is 0 Å². The van der Waals surface area contributed by atoms with Gasteiger partial charge >= 0.3 is 0 Å². The fourth-order valence-electron chi connectivity index (χ4n) is 3.58. The zero-order valence-electron chi connectivity index (χ0n) is 13.9. The molecule has 1 aromatic heterocycles. The number of nitrogens with one attached hydrogen (secondary N) is 1. The maximum Gasteiger partial charge on any atom is 0.115 e. The lowest BCUT2D eigenvalue weighted by Gasteiger charge is -2.38. The molecule has 1 aliphatic heterocycles. The molecule has 24 heavy (non-hydrogen) atoms. The van der Waals surface area contributed by atoms with Crippen LogP contribution < -0.4 is 10.2 Å². The van der Waals surface area contributed by atoms with E-state index in [-0.39, 0.29) is 0 Å². The molecule has 1 aliphatic rings. The van der Waals surface area contributed by atoms with Crippen LogP contribution in [0.15, 0.2) is 55.1 Å². The minimum Gasteiger partial charge on any atom is -0.366 e. The zero-order valence-corrected chi connectivity index (χ0v) is 13.9. The maximum atomic E-state index is 4.15. The molecule has 0 amide bonds.